The Morgan fingerprint density at radius 2 is 1.88 bits per heavy atom. The van der Waals surface area contributed by atoms with Crippen molar-refractivity contribution in [3.8, 4) is 5.75 Å². The van der Waals surface area contributed by atoms with Crippen molar-refractivity contribution < 1.29 is 9.09 Å². The van der Waals surface area contributed by atoms with E-state index in [4.69, 9.17) is 27.7 Å². The highest BCUT2D eigenvalue weighted by molar-refractivity contribution is 7.58. The Bertz CT molecular complexity index is 1460. The number of halogens is 2. The average Bonchev–Trinajstić information content (AvgIpc) is 2.84. The number of fused-ring (bicyclic) bond motifs is 6. The SMILES string of the molecule is CN1c2ccc(Cl)cc2C2c3ccccc3CCN2P1(=O)Oc1ccc(Cl)c2cccnc12. The van der Waals surface area contributed by atoms with Crippen molar-refractivity contribution in [3.05, 3.63) is 99.7 Å². The summed E-state index contributed by atoms with van der Waals surface area (Å²) in [7, 11) is -1.72. The molecule has 0 spiro atoms. The van der Waals surface area contributed by atoms with Gasteiger partial charge < -0.3 is 4.52 Å². The van der Waals surface area contributed by atoms with Gasteiger partial charge in [0.15, 0.2) is 5.75 Å². The highest BCUT2D eigenvalue weighted by atomic mass is 35.5. The third-order valence-corrected chi connectivity index (χ3v) is 9.54. The van der Waals surface area contributed by atoms with Crippen molar-refractivity contribution in [3.63, 3.8) is 0 Å². The van der Waals surface area contributed by atoms with Crippen molar-refractivity contribution in [2.75, 3.05) is 18.3 Å². The van der Waals surface area contributed by atoms with Crippen molar-refractivity contribution in [2.45, 2.75) is 12.5 Å². The number of rotatable bonds is 2. The zero-order chi connectivity index (χ0) is 22.7. The minimum absolute atomic E-state index is 0.225. The lowest BCUT2D eigenvalue weighted by Crippen LogP contribution is -2.43. The van der Waals surface area contributed by atoms with Gasteiger partial charge in [-0.25, -0.2) is 4.57 Å². The lowest BCUT2D eigenvalue weighted by Gasteiger charge is -2.49. The fraction of sp³-hybridized carbons (Fsp3) is 0.160. The van der Waals surface area contributed by atoms with Crippen molar-refractivity contribution >= 4 is 47.5 Å². The molecule has 2 aliphatic heterocycles. The van der Waals surface area contributed by atoms with E-state index in [1.807, 2.05) is 54.2 Å². The van der Waals surface area contributed by atoms with Gasteiger partial charge in [-0.2, -0.15) is 4.67 Å². The van der Waals surface area contributed by atoms with Crippen molar-refractivity contribution in [1.29, 1.82) is 0 Å². The molecular formula is C25H20Cl2N3O2P. The van der Waals surface area contributed by atoms with Crippen LogP contribution in [0.2, 0.25) is 10.0 Å². The maximum Gasteiger partial charge on any atom is 0.423 e. The maximum atomic E-state index is 14.8. The molecule has 1 aromatic heterocycles. The van der Waals surface area contributed by atoms with Gasteiger partial charge in [-0.3, -0.25) is 9.65 Å². The minimum atomic E-state index is -3.54. The van der Waals surface area contributed by atoms with Gasteiger partial charge in [0.2, 0.25) is 0 Å². The smallest absolute Gasteiger partial charge is 0.415 e. The number of anilines is 1. The van der Waals surface area contributed by atoms with Gasteiger partial charge in [-0.15, -0.1) is 0 Å². The molecule has 3 aromatic carbocycles. The number of benzene rings is 3. The zero-order valence-corrected chi connectivity index (χ0v) is 20.2. The first kappa shape index (κ1) is 21.0. The van der Waals surface area contributed by atoms with Crippen molar-refractivity contribution in [2.24, 2.45) is 0 Å². The molecule has 0 aliphatic carbocycles. The van der Waals surface area contributed by atoms with E-state index in [1.54, 1.807) is 23.0 Å². The summed E-state index contributed by atoms with van der Waals surface area (Å²) in [6.07, 6.45) is 2.46. The monoisotopic (exact) mass is 495 g/mol. The van der Waals surface area contributed by atoms with E-state index in [2.05, 4.69) is 17.1 Å². The Kier molecular flexibility index (Phi) is 4.93. The fourth-order valence-corrected chi connectivity index (χ4v) is 7.65. The first-order valence-electron chi connectivity index (χ1n) is 10.7. The van der Waals surface area contributed by atoms with E-state index in [0.29, 0.717) is 27.9 Å². The molecule has 3 heterocycles. The molecule has 2 aliphatic rings. The van der Waals surface area contributed by atoms with Gasteiger partial charge in [0.25, 0.3) is 0 Å². The van der Waals surface area contributed by atoms with E-state index in [0.717, 1.165) is 28.6 Å². The second-order valence-corrected chi connectivity index (χ2v) is 11.4. The van der Waals surface area contributed by atoms with Crippen LogP contribution in [0.5, 0.6) is 5.75 Å². The molecule has 2 unspecified atom stereocenters. The van der Waals surface area contributed by atoms with Crippen LogP contribution in [-0.2, 0) is 11.0 Å². The van der Waals surface area contributed by atoms with Crippen molar-refractivity contribution in [1.82, 2.24) is 9.65 Å². The predicted octanol–water partition coefficient (Wildman–Crippen LogP) is 7.13. The van der Waals surface area contributed by atoms with Gasteiger partial charge >= 0.3 is 7.67 Å². The van der Waals surface area contributed by atoms with Crippen LogP contribution in [0.15, 0.2) is 72.9 Å². The molecule has 166 valence electrons. The second-order valence-electron chi connectivity index (χ2n) is 8.27. The second kappa shape index (κ2) is 7.75. The van der Waals surface area contributed by atoms with Crippen LogP contribution in [0.4, 0.5) is 5.69 Å². The summed E-state index contributed by atoms with van der Waals surface area (Å²) in [6, 6.07) is 21.0. The molecule has 6 rings (SSSR count). The van der Waals surface area contributed by atoms with E-state index < -0.39 is 7.67 Å². The molecule has 2 atom stereocenters. The van der Waals surface area contributed by atoms with Gasteiger partial charge in [-0.1, -0.05) is 47.5 Å². The van der Waals surface area contributed by atoms with E-state index in [9.17, 15) is 4.57 Å². The topological polar surface area (TPSA) is 45.7 Å². The summed E-state index contributed by atoms with van der Waals surface area (Å²) in [5, 5.41) is 1.98. The van der Waals surface area contributed by atoms with Gasteiger partial charge in [-0.05, 0) is 65.6 Å². The quantitative estimate of drug-likeness (QED) is 0.277. The third kappa shape index (κ3) is 3.18. The Hall–Kier alpha value is -2.56. The van der Waals surface area contributed by atoms with E-state index in [1.165, 1.54) is 5.56 Å². The normalized spacial score (nSPS) is 21.9. The largest absolute Gasteiger partial charge is 0.423 e. The first-order valence-corrected chi connectivity index (χ1v) is 13.0. The van der Waals surface area contributed by atoms with Crippen LogP contribution < -0.4 is 9.19 Å². The van der Waals surface area contributed by atoms with Gasteiger partial charge in [0.1, 0.15) is 5.52 Å². The summed E-state index contributed by atoms with van der Waals surface area (Å²) in [5.74, 6) is 0.445. The van der Waals surface area contributed by atoms with Gasteiger partial charge in [0, 0.05) is 30.2 Å². The van der Waals surface area contributed by atoms with E-state index >= 15 is 0 Å². The molecule has 0 fully saturated rings. The van der Waals surface area contributed by atoms with Crippen LogP contribution in [0.1, 0.15) is 22.7 Å². The van der Waals surface area contributed by atoms with Crippen LogP contribution in [0.3, 0.4) is 0 Å². The number of nitrogens with zero attached hydrogens (tertiary/aromatic N) is 3. The first-order chi connectivity index (χ1) is 16.0. The Morgan fingerprint density at radius 3 is 2.76 bits per heavy atom. The molecule has 8 heteroatoms. The molecule has 0 amide bonds. The summed E-state index contributed by atoms with van der Waals surface area (Å²) in [5.41, 5.74) is 4.82. The average molecular weight is 496 g/mol. The zero-order valence-electron chi connectivity index (χ0n) is 17.8. The van der Waals surface area contributed by atoms with Crippen LogP contribution in [0, 0.1) is 0 Å². The summed E-state index contributed by atoms with van der Waals surface area (Å²) < 4.78 is 25.0. The summed E-state index contributed by atoms with van der Waals surface area (Å²) in [4.78, 5) is 4.47. The summed E-state index contributed by atoms with van der Waals surface area (Å²) >= 11 is 12.8. The minimum Gasteiger partial charge on any atom is -0.415 e. The molecule has 0 radical (unpaired) electrons. The Morgan fingerprint density at radius 1 is 1.03 bits per heavy atom. The van der Waals surface area contributed by atoms with Crippen LogP contribution in [0.25, 0.3) is 10.9 Å². The number of pyridine rings is 1. The lowest BCUT2D eigenvalue weighted by atomic mass is 9.89. The van der Waals surface area contributed by atoms with Crippen LogP contribution in [-0.4, -0.2) is 23.2 Å². The maximum absolute atomic E-state index is 14.8. The van der Waals surface area contributed by atoms with Crippen LogP contribution >= 0.6 is 30.9 Å². The molecule has 0 saturated carbocycles. The van der Waals surface area contributed by atoms with Gasteiger partial charge in [0.05, 0.1) is 16.8 Å². The summed E-state index contributed by atoms with van der Waals surface area (Å²) in [6.45, 7) is 0.591. The Balaban J connectivity index is 1.56. The molecule has 0 bridgehead atoms. The van der Waals surface area contributed by atoms with E-state index in [-0.39, 0.29) is 6.04 Å². The Labute approximate surface area is 202 Å². The molecule has 33 heavy (non-hydrogen) atoms. The molecule has 0 N–H and O–H groups in total. The standard InChI is InChI=1S/C25H20Cl2N3O2P/c1-29-22-10-8-17(26)15-20(22)25-18-6-3-2-5-16(18)12-14-30(25)33(29,31)32-23-11-9-21(27)19-7-4-13-28-24(19)23/h2-11,13,15,25H,12,14H2,1H3. The predicted molar refractivity (Wildman–Crippen MR) is 134 cm³/mol. The lowest BCUT2D eigenvalue weighted by molar-refractivity contribution is 0.293. The molecule has 5 nitrogen and oxygen atoms in total. The molecule has 0 saturated heterocycles. The number of hydrogen-bond acceptors (Lipinski definition) is 3. The third-order valence-electron chi connectivity index (χ3n) is 6.49. The fourth-order valence-electron chi connectivity index (χ4n) is 4.93. The molecule has 4 aromatic rings. The molecular weight excluding hydrogens is 476 g/mol. The number of hydrogen-bond donors (Lipinski definition) is 0. The number of aromatic nitrogens is 1. The highest BCUT2D eigenvalue weighted by Crippen LogP contribution is 2.65. The highest BCUT2D eigenvalue weighted by Gasteiger charge is 2.51.